The van der Waals surface area contributed by atoms with Gasteiger partial charge in [0.15, 0.2) is 11.5 Å². The highest BCUT2D eigenvalue weighted by atomic mass is 19.1. The van der Waals surface area contributed by atoms with Crippen molar-refractivity contribution in [2.24, 2.45) is 0 Å². The first-order valence-corrected chi connectivity index (χ1v) is 12.9. The molecule has 0 spiro atoms. The van der Waals surface area contributed by atoms with Crippen molar-refractivity contribution in [3.05, 3.63) is 89.2 Å². The third kappa shape index (κ3) is 6.18. The van der Waals surface area contributed by atoms with Gasteiger partial charge in [-0.25, -0.2) is 4.39 Å². The maximum absolute atomic E-state index is 14.0. The predicted octanol–water partition coefficient (Wildman–Crippen LogP) is 6.01. The molecule has 0 saturated carbocycles. The second-order valence-electron chi connectivity index (χ2n) is 9.98. The molecule has 1 saturated heterocycles. The number of piperazine rings is 1. The molecule has 1 fully saturated rings. The molecule has 0 radical (unpaired) electrons. The number of hydrogen-bond acceptors (Lipinski definition) is 5. The monoisotopic (exact) mass is 490 g/mol. The topological polar surface area (TPSA) is 34.2 Å². The van der Waals surface area contributed by atoms with E-state index in [1.807, 2.05) is 24.3 Å². The van der Waals surface area contributed by atoms with Gasteiger partial charge in [0.2, 0.25) is 6.79 Å². The molecule has 190 valence electrons. The lowest BCUT2D eigenvalue weighted by atomic mass is 10.0. The summed E-state index contributed by atoms with van der Waals surface area (Å²) in [4.78, 5) is 4.96. The van der Waals surface area contributed by atoms with Crippen LogP contribution in [0.1, 0.15) is 49.0 Å². The predicted molar refractivity (Wildman–Crippen MR) is 139 cm³/mol. The van der Waals surface area contributed by atoms with Crippen molar-refractivity contribution in [3.8, 4) is 17.2 Å². The summed E-state index contributed by atoms with van der Waals surface area (Å²) in [7, 11) is 0. The fraction of sp³-hybridized carbons (Fsp3) is 0.400. The van der Waals surface area contributed by atoms with Gasteiger partial charge in [0.05, 0.1) is 0 Å². The number of nitrogens with zero attached hydrogens (tertiary/aromatic N) is 2. The first-order valence-electron chi connectivity index (χ1n) is 12.9. The molecular weight excluding hydrogens is 455 g/mol. The van der Waals surface area contributed by atoms with Gasteiger partial charge in [0.25, 0.3) is 0 Å². The smallest absolute Gasteiger partial charge is 0.231 e. The Bertz CT molecular complexity index is 1160. The van der Waals surface area contributed by atoms with Crippen molar-refractivity contribution >= 4 is 0 Å². The summed E-state index contributed by atoms with van der Waals surface area (Å²) in [6, 6.07) is 21.3. The van der Waals surface area contributed by atoms with Crippen molar-refractivity contribution in [2.75, 3.05) is 39.5 Å². The quantitative estimate of drug-likeness (QED) is 0.367. The second kappa shape index (κ2) is 11.3. The van der Waals surface area contributed by atoms with E-state index in [9.17, 15) is 4.39 Å². The Kier molecular flexibility index (Phi) is 7.73. The highest BCUT2D eigenvalue weighted by Gasteiger charge is 2.21. The Morgan fingerprint density at radius 1 is 0.833 bits per heavy atom. The van der Waals surface area contributed by atoms with Crippen LogP contribution in [0.25, 0.3) is 0 Å². The summed E-state index contributed by atoms with van der Waals surface area (Å²) in [5.41, 5.74) is 3.37. The number of hydrogen-bond donors (Lipinski definition) is 0. The number of benzene rings is 3. The first-order chi connectivity index (χ1) is 17.5. The van der Waals surface area contributed by atoms with Crippen molar-refractivity contribution in [2.45, 2.75) is 38.8 Å². The first kappa shape index (κ1) is 24.6. The van der Waals surface area contributed by atoms with Crippen molar-refractivity contribution in [1.82, 2.24) is 9.80 Å². The Morgan fingerprint density at radius 3 is 2.39 bits per heavy atom. The molecule has 6 heteroatoms. The normalized spacial score (nSPS) is 16.9. The average Bonchev–Trinajstić information content (AvgIpc) is 3.35. The number of rotatable bonds is 9. The van der Waals surface area contributed by atoms with Crippen molar-refractivity contribution < 1.29 is 18.6 Å². The van der Waals surface area contributed by atoms with Crippen LogP contribution in [-0.4, -0.2) is 49.3 Å². The van der Waals surface area contributed by atoms with E-state index in [1.54, 1.807) is 12.1 Å². The molecule has 2 heterocycles. The van der Waals surface area contributed by atoms with Gasteiger partial charge in [-0.2, -0.15) is 0 Å². The summed E-state index contributed by atoms with van der Waals surface area (Å²) < 4.78 is 31.4. The molecular formula is C30H35FN2O3. The van der Waals surface area contributed by atoms with E-state index in [2.05, 4.69) is 47.9 Å². The van der Waals surface area contributed by atoms with Gasteiger partial charge >= 0.3 is 0 Å². The summed E-state index contributed by atoms with van der Waals surface area (Å²) >= 11 is 0. The Balaban J connectivity index is 1.17. The lowest BCUT2D eigenvalue weighted by Gasteiger charge is -2.35. The molecule has 5 nitrogen and oxygen atoms in total. The molecule has 1 unspecified atom stereocenters. The zero-order chi connectivity index (χ0) is 24.9. The third-order valence-corrected chi connectivity index (χ3v) is 7.04. The fourth-order valence-corrected chi connectivity index (χ4v) is 4.88. The highest BCUT2D eigenvalue weighted by Crippen LogP contribution is 2.33. The zero-order valence-electron chi connectivity index (χ0n) is 21.2. The third-order valence-electron chi connectivity index (χ3n) is 7.04. The Morgan fingerprint density at radius 2 is 1.58 bits per heavy atom. The molecule has 0 bridgehead atoms. The number of fused-ring (bicyclic) bond motifs is 1. The number of ether oxygens (including phenoxy) is 3. The number of halogens is 1. The lowest BCUT2D eigenvalue weighted by molar-refractivity contribution is 0.106. The van der Waals surface area contributed by atoms with Crippen molar-refractivity contribution in [1.29, 1.82) is 0 Å². The largest absolute Gasteiger partial charge is 0.486 e. The van der Waals surface area contributed by atoms with Gasteiger partial charge in [-0.15, -0.1) is 0 Å². The Labute approximate surface area is 213 Å². The summed E-state index contributed by atoms with van der Waals surface area (Å²) in [6.07, 6.45) is 0.604. The van der Waals surface area contributed by atoms with Gasteiger partial charge in [-0.3, -0.25) is 4.90 Å². The molecule has 5 rings (SSSR count). The van der Waals surface area contributed by atoms with Crippen LogP contribution < -0.4 is 14.2 Å². The molecule has 2 aliphatic heterocycles. The van der Waals surface area contributed by atoms with E-state index < -0.39 is 0 Å². The lowest BCUT2D eigenvalue weighted by Crippen LogP contribution is -2.46. The van der Waals surface area contributed by atoms with Crippen LogP contribution in [0.5, 0.6) is 17.2 Å². The van der Waals surface area contributed by atoms with E-state index in [0.29, 0.717) is 12.7 Å². The summed E-state index contributed by atoms with van der Waals surface area (Å²) in [5, 5.41) is 0. The van der Waals surface area contributed by atoms with Crippen LogP contribution in [0.2, 0.25) is 0 Å². The SMILES string of the molecule is CC(C)c1cccc(OC(CCN2CCN(Cc3ccc4c(c3)OCO4)CC2)c2cccc(F)c2)c1. The van der Waals surface area contributed by atoms with Crippen LogP contribution >= 0.6 is 0 Å². The standard InChI is InChI=1S/C30H35FN2O3/c1-22(2)24-5-4-8-27(19-24)36-28(25-6-3-7-26(31)18-25)11-12-32-13-15-33(16-14-32)20-23-9-10-29-30(17-23)35-21-34-29/h3-10,17-19,22,28H,11-16,20-21H2,1-2H3. The molecule has 3 aromatic carbocycles. The van der Waals surface area contributed by atoms with Crippen LogP contribution in [-0.2, 0) is 6.54 Å². The van der Waals surface area contributed by atoms with E-state index >= 15 is 0 Å². The maximum atomic E-state index is 14.0. The van der Waals surface area contributed by atoms with Crippen LogP contribution in [0, 0.1) is 5.82 Å². The minimum atomic E-state index is -0.228. The highest BCUT2D eigenvalue weighted by molar-refractivity contribution is 5.44. The van der Waals surface area contributed by atoms with Crippen molar-refractivity contribution in [3.63, 3.8) is 0 Å². The molecule has 0 amide bonds. The van der Waals surface area contributed by atoms with Gasteiger partial charge in [0, 0.05) is 45.7 Å². The van der Waals surface area contributed by atoms with E-state index in [0.717, 1.165) is 68.5 Å². The van der Waals surface area contributed by atoms with Crippen LogP contribution in [0.15, 0.2) is 66.7 Å². The second-order valence-corrected chi connectivity index (χ2v) is 9.98. The fourth-order valence-electron chi connectivity index (χ4n) is 4.88. The van der Waals surface area contributed by atoms with E-state index in [4.69, 9.17) is 14.2 Å². The molecule has 3 aromatic rings. The maximum Gasteiger partial charge on any atom is 0.231 e. The summed E-state index contributed by atoms with van der Waals surface area (Å²) in [6.45, 7) is 10.5. The summed E-state index contributed by atoms with van der Waals surface area (Å²) in [5.74, 6) is 2.70. The van der Waals surface area contributed by atoms with Crippen LogP contribution in [0.3, 0.4) is 0 Å². The molecule has 36 heavy (non-hydrogen) atoms. The van der Waals surface area contributed by atoms with Gasteiger partial charge in [-0.05, 0) is 59.0 Å². The van der Waals surface area contributed by atoms with Crippen LogP contribution in [0.4, 0.5) is 4.39 Å². The molecule has 0 aromatic heterocycles. The molecule has 1 atom stereocenters. The minimum Gasteiger partial charge on any atom is -0.486 e. The molecule has 0 N–H and O–H groups in total. The Hall–Kier alpha value is -3.09. The zero-order valence-corrected chi connectivity index (χ0v) is 21.2. The molecule has 2 aliphatic rings. The van der Waals surface area contributed by atoms with E-state index in [1.165, 1.54) is 17.2 Å². The van der Waals surface area contributed by atoms with Gasteiger partial charge < -0.3 is 19.1 Å². The average molecular weight is 491 g/mol. The van der Waals surface area contributed by atoms with Gasteiger partial charge in [0.1, 0.15) is 17.7 Å². The van der Waals surface area contributed by atoms with E-state index in [-0.39, 0.29) is 11.9 Å². The molecule has 0 aliphatic carbocycles. The minimum absolute atomic E-state index is 0.199. The van der Waals surface area contributed by atoms with Gasteiger partial charge in [-0.1, -0.05) is 44.2 Å².